The van der Waals surface area contributed by atoms with E-state index >= 15 is 0 Å². The van der Waals surface area contributed by atoms with Gasteiger partial charge >= 0.3 is 5.50 Å². The second kappa shape index (κ2) is 5.82. The average Bonchev–Trinajstić information content (AvgIpc) is 3.12. The number of thioether (sulfide) groups is 1. The van der Waals surface area contributed by atoms with Crippen molar-refractivity contribution in [3.8, 4) is 0 Å². The van der Waals surface area contributed by atoms with Gasteiger partial charge in [0.15, 0.2) is 0 Å². The standard InChI is InChI=1S/C17H16FN3O2S/c1-20-7-6-11(9-20)16(22)19-17-21(23)14-5-2-10-8-12(18)3-4-13(10)15(14)24-17/h2-5,8,11,17H,6-7,9H2,1H3/p+1. The molecule has 2 heterocycles. The zero-order chi connectivity index (χ0) is 16.8. The molecule has 1 saturated heterocycles. The average molecular weight is 346 g/mol. The minimum Gasteiger partial charge on any atom is -0.306 e. The van der Waals surface area contributed by atoms with Gasteiger partial charge < -0.3 is 4.90 Å². The van der Waals surface area contributed by atoms with Gasteiger partial charge in [0.2, 0.25) is 5.91 Å². The Hall–Kier alpha value is -1.99. The third-order valence-corrected chi connectivity index (χ3v) is 5.82. The van der Waals surface area contributed by atoms with Gasteiger partial charge in [0.05, 0.1) is 15.6 Å². The molecule has 2 aliphatic rings. The number of benzene rings is 2. The third kappa shape index (κ3) is 2.57. The Morgan fingerprint density at radius 2 is 2.21 bits per heavy atom. The lowest BCUT2D eigenvalue weighted by molar-refractivity contribution is -0.480. The van der Waals surface area contributed by atoms with Crippen molar-refractivity contribution in [1.29, 1.82) is 0 Å². The third-order valence-electron chi connectivity index (χ3n) is 4.62. The van der Waals surface area contributed by atoms with Crippen LogP contribution < -0.4 is 5.32 Å². The molecule has 2 aliphatic heterocycles. The summed E-state index contributed by atoms with van der Waals surface area (Å²) in [4.78, 5) is 27.8. The number of carbonyl (C=O) groups is 1. The number of nitroso groups, excluding NO2 is 1. The Morgan fingerprint density at radius 1 is 1.38 bits per heavy atom. The van der Waals surface area contributed by atoms with Crippen LogP contribution in [0.15, 0.2) is 35.2 Å². The van der Waals surface area contributed by atoms with Crippen molar-refractivity contribution < 1.29 is 13.9 Å². The van der Waals surface area contributed by atoms with Crippen LogP contribution in [0.5, 0.6) is 0 Å². The quantitative estimate of drug-likeness (QED) is 0.850. The number of fused-ring (bicyclic) bond motifs is 3. The van der Waals surface area contributed by atoms with Crippen molar-refractivity contribution in [2.75, 3.05) is 20.1 Å². The van der Waals surface area contributed by atoms with Crippen LogP contribution in [0.3, 0.4) is 0 Å². The van der Waals surface area contributed by atoms with Crippen LogP contribution in [0.25, 0.3) is 10.8 Å². The maximum Gasteiger partial charge on any atom is 0.335 e. The van der Waals surface area contributed by atoms with E-state index in [9.17, 15) is 14.1 Å². The van der Waals surface area contributed by atoms with Crippen LogP contribution >= 0.6 is 11.8 Å². The lowest BCUT2D eigenvalue weighted by atomic mass is 10.1. The summed E-state index contributed by atoms with van der Waals surface area (Å²) in [5.41, 5.74) is -0.151. The fourth-order valence-corrected chi connectivity index (χ4v) is 4.52. The Bertz CT molecular complexity index is 857. The van der Waals surface area contributed by atoms with Gasteiger partial charge in [0.1, 0.15) is 5.82 Å². The van der Waals surface area contributed by atoms with Gasteiger partial charge in [-0.3, -0.25) is 10.1 Å². The molecule has 0 aromatic heterocycles. The molecular weight excluding hydrogens is 329 g/mol. The van der Waals surface area contributed by atoms with E-state index in [0.717, 1.165) is 39.9 Å². The number of amides is 1. The molecule has 0 saturated carbocycles. The Morgan fingerprint density at radius 3 is 2.96 bits per heavy atom. The molecule has 0 bridgehead atoms. The number of rotatable bonds is 2. The summed E-state index contributed by atoms with van der Waals surface area (Å²) in [5, 5.41) is 4.43. The van der Waals surface area contributed by atoms with E-state index < -0.39 is 5.50 Å². The van der Waals surface area contributed by atoms with Crippen LogP contribution in [0.1, 0.15) is 6.42 Å². The summed E-state index contributed by atoms with van der Waals surface area (Å²) in [6.45, 7) is 1.62. The smallest absolute Gasteiger partial charge is 0.306 e. The van der Waals surface area contributed by atoms with Crippen molar-refractivity contribution in [3.63, 3.8) is 0 Å². The summed E-state index contributed by atoms with van der Waals surface area (Å²) < 4.78 is 14.2. The lowest BCUT2D eigenvalue weighted by Gasteiger charge is -2.11. The maximum absolute atomic E-state index is 13.4. The molecule has 24 heavy (non-hydrogen) atoms. The van der Waals surface area contributed by atoms with Gasteiger partial charge in [-0.05, 0) is 55.4 Å². The number of halogens is 1. The number of carbonyl (C=O) groups excluding carboxylic acids is 1. The first-order valence-corrected chi connectivity index (χ1v) is 8.75. The van der Waals surface area contributed by atoms with E-state index in [1.54, 1.807) is 18.2 Å². The monoisotopic (exact) mass is 346 g/mol. The van der Waals surface area contributed by atoms with Crippen molar-refractivity contribution >= 4 is 34.1 Å². The van der Waals surface area contributed by atoms with Crippen LogP contribution in [-0.2, 0) is 4.79 Å². The molecule has 0 spiro atoms. The molecule has 0 radical (unpaired) electrons. The largest absolute Gasteiger partial charge is 0.335 e. The van der Waals surface area contributed by atoms with Crippen molar-refractivity contribution in [1.82, 2.24) is 10.2 Å². The molecule has 0 aliphatic carbocycles. The summed E-state index contributed by atoms with van der Waals surface area (Å²) in [7, 11) is 1.98. The summed E-state index contributed by atoms with van der Waals surface area (Å²) in [6.07, 6.45) is 0.813. The SMILES string of the molecule is CN1CCC(C(=O)NC2Sc3c(ccc4cc(F)ccc34)[N+]2=O)C1. The van der Waals surface area contributed by atoms with Gasteiger partial charge in [0, 0.05) is 22.9 Å². The first kappa shape index (κ1) is 15.5. The number of likely N-dealkylation sites (tertiary alicyclic amines) is 1. The number of hydrogen-bond acceptors (Lipinski definition) is 4. The molecule has 7 heteroatoms. The molecule has 5 nitrogen and oxygen atoms in total. The van der Waals surface area contributed by atoms with E-state index in [0.29, 0.717) is 5.69 Å². The zero-order valence-electron chi connectivity index (χ0n) is 13.2. The minimum atomic E-state index is -0.672. The fraction of sp³-hybridized carbons (Fsp3) is 0.353. The van der Waals surface area contributed by atoms with Crippen LogP contribution in [-0.4, -0.2) is 41.2 Å². The molecule has 1 amide bonds. The summed E-state index contributed by atoms with van der Waals surface area (Å²) >= 11 is 1.31. The zero-order valence-corrected chi connectivity index (χ0v) is 14.0. The molecule has 1 fully saturated rings. The predicted molar refractivity (Wildman–Crippen MR) is 90.6 cm³/mol. The predicted octanol–water partition coefficient (Wildman–Crippen LogP) is 2.85. The molecule has 2 atom stereocenters. The van der Waals surface area contributed by atoms with E-state index in [4.69, 9.17) is 0 Å². The van der Waals surface area contributed by atoms with Crippen LogP contribution in [0, 0.1) is 16.6 Å². The highest BCUT2D eigenvalue weighted by atomic mass is 32.2. The van der Waals surface area contributed by atoms with E-state index in [-0.39, 0.29) is 17.6 Å². The first-order chi connectivity index (χ1) is 11.5. The Balaban J connectivity index is 1.58. The molecular formula is C17H17FN3O2S+. The summed E-state index contributed by atoms with van der Waals surface area (Å²) in [5.74, 6) is -0.459. The van der Waals surface area contributed by atoms with Gasteiger partial charge in [-0.25, -0.2) is 4.39 Å². The van der Waals surface area contributed by atoms with Gasteiger partial charge in [-0.15, -0.1) is 0 Å². The van der Waals surface area contributed by atoms with Gasteiger partial charge in [0.25, 0.3) is 5.69 Å². The van der Waals surface area contributed by atoms with Crippen molar-refractivity contribution in [2.24, 2.45) is 5.92 Å². The second-order valence-electron chi connectivity index (χ2n) is 6.33. The lowest BCUT2D eigenvalue weighted by Crippen LogP contribution is -2.40. The highest BCUT2D eigenvalue weighted by Gasteiger charge is 2.43. The molecule has 2 aromatic rings. The first-order valence-electron chi connectivity index (χ1n) is 7.87. The molecule has 2 aromatic carbocycles. The molecule has 4 rings (SSSR count). The highest BCUT2D eigenvalue weighted by molar-refractivity contribution is 8.00. The number of nitrogens with one attached hydrogen (secondary N) is 1. The number of hydrogen-bond donors (Lipinski definition) is 1. The Labute approximate surface area is 142 Å². The van der Waals surface area contributed by atoms with Crippen molar-refractivity contribution in [2.45, 2.75) is 16.8 Å². The van der Waals surface area contributed by atoms with E-state index in [2.05, 4.69) is 10.2 Å². The van der Waals surface area contributed by atoms with Crippen LogP contribution in [0.4, 0.5) is 10.1 Å². The summed E-state index contributed by atoms with van der Waals surface area (Å²) in [6, 6.07) is 7.94. The van der Waals surface area contributed by atoms with Gasteiger partial charge in [-0.1, -0.05) is 6.07 Å². The highest BCUT2D eigenvalue weighted by Crippen LogP contribution is 2.45. The molecule has 1 N–H and O–H groups in total. The molecule has 2 unspecified atom stereocenters. The Kier molecular flexibility index (Phi) is 3.77. The van der Waals surface area contributed by atoms with E-state index in [1.807, 2.05) is 7.05 Å². The second-order valence-corrected chi connectivity index (χ2v) is 7.42. The normalized spacial score (nSPS) is 23.7. The van der Waals surface area contributed by atoms with Crippen molar-refractivity contribution in [3.05, 3.63) is 41.1 Å². The minimum absolute atomic E-state index is 0.0708. The van der Waals surface area contributed by atoms with Gasteiger partial charge in [-0.2, -0.15) is 0 Å². The topological polar surface area (TPSA) is 52.4 Å². The molecule has 124 valence electrons. The van der Waals surface area contributed by atoms with Crippen LogP contribution in [0.2, 0.25) is 0 Å². The number of nitrogens with zero attached hydrogens (tertiary/aromatic N) is 2. The van der Waals surface area contributed by atoms with E-state index in [1.165, 1.54) is 23.9 Å². The maximum atomic E-state index is 13.4. The fourth-order valence-electron chi connectivity index (χ4n) is 3.32.